The summed E-state index contributed by atoms with van der Waals surface area (Å²) < 4.78 is 26.5. The summed E-state index contributed by atoms with van der Waals surface area (Å²) in [6.45, 7) is 1.79. The molecule has 0 aliphatic heterocycles. The van der Waals surface area contributed by atoms with Crippen LogP contribution in [0.5, 0.6) is 0 Å². The van der Waals surface area contributed by atoms with Crippen LogP contribution in [0.4, 0.5) is 5.82 Å². The van der Waals surface area contributed by atoms with E-state index in [4.69, 9.17) is 5.26 Å². The smallest absolute Gasteiger partial charge is 0.238 e. The van der Waals surface area contributed by atoms with Gasteiger partial charge in [-0.3, -0.25) is 4.72 Å². The lowest BCUT2D eigenvalue weighted by molar-refractivity contribution is 0.600. The van der Waals surface area contributed by atoms with Crippen molar-refractivity contribution in [3.05, 3.63) is 59.3 Å². The molecule has 5 nitrogen and oxygen atoms in total. The van der Waals surface area contributed by atoms with Crippen molar-refractivity contribution in [3.8, 4) is 6.07 Å². The molecular weight excluding hydrogens is 274 g/mol. The second-order valence-electron chi connectivity index (χ2n) is 4.33. The summed E-state index contributed by atoms with van der Waals surface area (Å²) in [4.78, 5) is 4.09. The maximum atomic E-state index is 12.0. The highest BCUT2D eigenvalue weighted by Crippen LogP contribution is 2.12. The summed E-state index contributed by atoms with van der Waals surface area (Å²) in [5, 5.41) is 8.69. The van der Waals surface area contributed by atoms with Gasteiger partial charge in [0.05, 0.1) is 17.4 Å². The minimum absolute atomic E-state index is 0.158. The second-order valence-corrected chi connectivity index (χ2v) is 6.06. The lowest BCUT2D eigenvalue weighted by Gasteiger charge is -2.07. The Kier molecular flexibility index (Phi) is 4.01. The number of rotatable bonds is 4. The van der Waals surface area contributed by atoms with Gasteiger partial charge in [-0.15, -0.1) is 0 Å². The van der Waals surface area contributed by atoms with Gasteiger partial charge in [0.25, 0.3) is 0 Å². The fourth-order valence-corrected chi connectivity index (χ4v) is 2.83. The normalized spacial score (nSPS) is 10.8. The summed E-state index contributed by atoms with van der Waals surface area (Å²) in [6, 6.07) is 13.6. The Balaban J connectivity index is 2.13. The number of nitrogens with zero attached hydrogens (tertiary/aromatic N) is 2. The predicted octanol–water partition coefficient (Wildman–Crippen LogP) is 2.20. The molecule has 0 aliphatic rings. The molecule has 102 valence electrons. The Morgan fingerprint density at radius 1 is 1.20 bits per heavy atom. The lowest BCUT2D eigenvalue weighted by Crippen LogP contribution is -2.16. The van der Waals surface area contributed by atoms with Crippen LogP contribution in [-0.4, -0.2) is 13.4 Å². The molecule has 1 aromatic heterocycles. The van der Waals surface area contributed by atoms with Gasteiger partial charge in [0.1, 0.15) is 5.82 Å². The highest BCUT2D eigenvalue weighted by atomic mass is 32.2. The summed E-state index contributed by atoms with van der Waals surface area (Å²) in [5.74, 6) is 0.146. The SMILES string of the molecule is Cc1cccc(NS(=O)(=O)Cc2ccc(C#N)cc2)n1. The van der Waals surface area contributed by atoms with Crippen molar-refractivity contribution in [3.63, 3.8) is 0 Å². The van der Waals surface area contributed by atoms with Crippen LogP contribution in [0.3, 0.4) is 0 Å². The van der Waals surface area contributed by atoms with E-state index in [1.54, 1.807) is 49.4 Å². The fourth-order valence-electron chi connectivity index (χ4n) is 1.69. The van der Waals surface area contributed by atoms with E-state index in [0.29, 0.717) is 16.9 Å². The summed E-state index contributed by atoms with van der Waals surface area (Å²) in [6.07, 6.45) is 0. The van der Waals surface area contributed by atoms with E-state index in [9.17, 15) is 8.42 Å². The Morgan fingerprint density at radius 3 is 2.50 bits per heavy atom. The van der Waals surface area contributed by atoms with Crippen molar-refractivity contribution >= 4 is 15.8 Å². The standard InChI is InChI=1S/C14H13N3O2S/c1-11-3-2-4-14(16-11)17-20(18,19)10-13-7-5-12(9-15)6-8-13/h2-8H,10H2,1H3,(H,16,17). The third kappa shape index (κ3) is 3.80. The minimum Gasteiger partial charge on any atom is -0.267 e. The van der Waals surface area contributed by atoms with Gasteiger partial charge in [-0.1, -0.05) is 18.2 Å². The number of aryl methyl sites for hydroxylation is 1. The van der Waals surface area contributed by atoms with E-state index >= 15 is 0 Å². The molecule has 0 saturated carbocycles. The fraction of sp³-hybridized carbons (Fsp3) is 0.143. The van der Waals surface area contributed by atoms with Crippen LogP contribution in [0.1, 0.15) is 16.8 Å². The van der Waals surface area contributed by atoms with E-state index in [1.165, 1.54) is 0 Å². The Bertz CT molecular complexity index is 747. The Hall–Kier alpha value is -2.39. The molecule has 1 heterocycles. The molecule has 0 spiro atoms. The number of sulfonamides is 1. The molecule has 6 heteroatoms. The van der Waals surface area contributed by atoms with Crippen molar-refractivity contribution in [1.82, 2.24) is 4.98 Å². The molecule has 0 aliphatic carbocycles. The molecule has 0 bridgehead atoms. The number of hydrogen-bond donors (Lipinski definition) is 1. The highest BCUT2D eigenvalue weighted by Gasteiger charge is 2.12. The number of hydrogen-bond acceptors (Lipinski definition) is 4. The molecule has 20 heavy (non-hydrogen) atoms. The zero-order valence-electron chi connectivity index (χ0n) is 10.9. The van der Waals surface area contributed by atoms with Gasteiger partial charge in [0.15, 0.2) is 0 Å². The van der Waals surface area contributed by atoms with Crippen molar-refractivity contribution in [2.24, 2.45) is 0 Å². The molecule has 0 saturated heterocycles. The van der Waals surface area contributed by atoms with Crippen LogP contribution in [0, 0.1) is 18.3 Å². The molecule has 0 radical (unpaired) electrons. The van der Waals surface area contributed by atoms with Gasteiger partial charge < -0.3 is 0 Å². The molecular formula is C14H13N3O2S. The quantitative estimate of drug-likeness (QED) is 0.934. The van der Waals surface area contributed by atoms with Crippen LogP contribution < -0.4 is 4.72 Å². The third-order valence-corrected chi connectivity index (χ3v) is 3.82. The predicted molar refractivity (Wildman–Crippen MR) is 76.4 cm³/mol. The lowest BCUT2D eigenvalue weighted by atomic mass is 10.2. The van der Waals surface area contributed by atoms with Crippen LogP contribution in [0.25, 0.3) is 0 Å². The first-order valence-electron chi connectivity index (χ1n) is 5.92. The molecule has 1 aromatic carbocycles. The summed E-state index contributed by atoms with van der Waals surface area (Å²) in [5.41, 5.74) is 1.85. The van der Waals surface area contributed by atoms with Crippen molar-refractivity contribution in [2.75, 3.05) is 4.72 Å². The Labute approximate surface area is 118 Å². The number of benzene rings is 1. The third-order valence-electron chi connectivity index (χ3n) is 2.59. The number of nitriles is 1. The van der Waals surface area contributed by atoms with Gasteiger partial charge in [0.2, 0.25) is 10.0 Å². The average molecular weight is 287 g/mol. The number of nitrogens with one attached hydrogen (secondary N) is 1. The van der Waals surface area contributed by atoms with Crippen molar-refractivity contribution in [1.29, 1.82) is 5.26 Å². The molecule has 0 fully saturated rings. The largest absolute Gasteiger partial charge is 0.267 e. The second kappa shape index (κ2) is 5.72. The minimum atomic E-state index is -3.52. The zero-order chi connectivity index (χ0) is 14.6. The van der Waals surface area contributed by atoms with Crippen molar-refractivity contribution < 1.29 is 8.42 Å². The van der Waals surface area contributed by atoms with Crippen molar-refractivity contribution in [2.45, 2.75) is 12.7 Å². The first-order valence-corrected chi connectivity index (χ1v) is 7.57. The molecule has 0 atom stereocenters. The molecule has 2 rings (SSSR count). The number of anilines is 1. The van der Waals surface area contributed by atoms with Crippen LogP contribution in [-0.2, 0) is 15.8 Å². The van der Waals surface area contributed by atoms with Crippen LogP contribution in [0.15, 0.2) is 42.5 Å². The van der Waals surface area contributed by atoms with E-state index in [0.717, 1.165) is 5.69 Å². The zero-order valence-corrected chi connectivity index (χ0v) is 11.7. The average Bonchev–Trinajstić information content (AvgIpc) is 2.38. The summed E-state index contributed by atoms with van der Waals surface area (Å²) >= 11 is 0. The van der Waals surface area contributed by atoms with Gasteiger partial charge >= 0.3 is 0 Å². The maximum absolute atomic E-state index is 12.0. The van der Waals surface area contributed by atoms with Gasteiger partial charge in [-0.2, -0.15) is 5.26 Å². The number of aromatic nitrogens is 1. The number of pyridine rings is 1. The van der Waals surface area contributed by atoms with Gasteiger partial charge in [0, 0.05) is 5.69 Å². The monoisotopic (exact) mass is 287 g/mol. The Morgan fingerprint density at radius 2 is 1.90 bits per heavy atom. The summed E-state index contributed by atoms with van der Waals surface area (Å²) in [7, 11) is -3.52. The van der Waals surface area contributed by atoms with Crippen LogP contribution >= 0.6 is 0 Å². The van der Waals surface area contributed by atoms with Gasteiger partial charge in [-0.25, -0.2) is 13.4 Å². The topological polar surface area (TPSA) is 82.9 Å². The highest BCUT2D eigenvalue weighted by molar-refractivity contribution is 7.91. The van der Waals surface area contributed by atoms with E-state index in [2.05, 4.69) is 9.71 Å². The molecule has 1 N–H and O–H groups in total. The first-order chi connectivity index (χ1) is 9.48. The van der Waals surface area contributed by atoms with E-state index in [1.807, 2.05) is 6.07 Å². The maximum Gasteiger partial charge on any atom is 0.238 e. The first kappa shape index (κ1) is 14.0. The van der Waals surface area contributed by atoms with Crippen LogP contribution in [0.2, 0.25) is 0 Å². The molecule has 0 unspecified atom stereocenters. The molecule has 2 aromatic rings. The van der Waals surface area contributed by atoms with E-state index in [-0.39, 0.29) is 5.75 Å². The van der Waals surface area contributed by atoms with E-state index < -0.39 is 10.0 Å². The van der Waals surface area contributed by atoms with Gasteiger partial charge in [-0.05, 0) is 36.8 Å². The molecule has 0 amide bonds.